The van der Waals surface area contributed by atoms with Gasteiger partial charge in [0, 0.05) is 44.1 Å². The maximum atomic E-state index is 11.9. The van der Waals surface area contributed by atoms with Crippen molar-refractivity contribution in [1.29, 1.82) is 0 Å². The summed E-state index contributed by atoms with van der Waals surface area (Å²) in [5, 5.41) is 6.10. The van der Waals surface area contributed by atoms with Crippen LogP contribution in [0, 0.1) is 5.41 Å². The minimum Gasteiger partial charge on any atom is -0.355 e. The SMILES string of the molecule is CC1CN(C(=O)CCNC(=O)C(C)(C)C)CCN1.Cl. The Balaban J connectivity index is 0.00000324. The zero-order valence-electron chi connectivity index (χ0n) is 12.3. The Labute approximate surface area is 121 Å². The van der Waals surface area contributed by atoms with E-state index in [4.69, 9.17) is 0 Å². The molecule has 1 aliphatic heterocycles. The van der Waals surface area contributed by atoms with E-state index >= 15 is 0 Å². The Hall–Kier alpha value is -0.810. The Kier molecular flexibility index (Phi) is 7.37. The quantitative estimate of drug-likeness (QED) is 0.808. The minimum atomic E-state index is -0.396. The lowest BCUT2D eigenvalue weighted by atomic mass is 9.96. The van der Waals surface area contributed by atoms with E-state index in [0.717, 1.165) is 19.6 Å². The van der Waals surface area contributed by atoms with Crippen molar-refractivity contribution < 1.29 is 9.59 Å². The standard InChI is InChI=1S/C13H25N3O2.ClH/c1-10-9-16(8-7-14-10)11(17)5-6-15-12(18)13(2,3)4;/h10,14H,5-9H2,1-4H3,(H,15,18);1H. The second kappa shape index (κ2) is 7.70. The average molecular weight is 292 g/mol. The molecule has 19 heavy (non-hydrogen) atoms. The molecule has 1 atom stereocenters. The fraction of sp³-hybridized carbons (Fsp3) is 0.846. The number of piperazine rings is 1. The minimum absolute atomic E-state index is 0. The first-order valence-electron chi connectivity index (χ1n) is 6.60. The van der Waals surface area contributed by atoms with Gasteiger partial charge in [-0.3, -0.25) is 9.59 Å². The highest BCUT2D eigenvalue weighted by Crippen LogP contribution is 2.12. The summed E-state index contributed by atoms with van der Waals surface area (Å²) < 4.78 is 0. The molecule has 0 radical (unpaired) electrons. The molecule has 1 fully saturated rings. The first-order chi connectivity index (χ1) is 8.30. The number of nitrogens with one attached hydrogen (secondary N) is 2. The molecule has 1 unspecified atom stereocenters. The van der Waals surface area contributed by atoms with Crippen molar-refractivity contribution in [2.75, 3.05) is 26.2 Å². The molecule has 0 aromatic heterocycles. The Morgan fingerprint density at radius 3 is 2.53 bits per heavy atom. The molecule has 0 aromatic carbocycles. The summed E-state index contributed by atoms with van der Waals surface area (Å²) in [5.74, 6) is 0.113. The summed E-state index contributed by atoms with van der Waals surface area (Å²) in [6, 6.07) is 0.354. The molecular weight excluding hydrogens is 266 g/mol. The van der Waals surface area contributed by atoms with Gasteiger partial charge in [-0.15, -0.1) is 12.4 Å². The van der Waals surface area contributed by atoms with Crippen LogP contribution in [0.15, 0.2) is 0 Å². The maximum Gasteiger partial charge on any atom is 0.225 e. The second-order valence-electron chi connectivity index (χ2n) is 5.95. The number of amides is 2. The predicted molar refractivity (Wildman–Crippen MR) is 78.4 cm³/mol. The molecule has 2 N–H and O–H groups in total. The van der Waals surface area contributed by atoms with Crippen LogP contribution >= 0.6 is 12.4 Å². The zero-order valence-corrected chi connectivity index (χ0v) is 13.1. The lowest BCUT2D eigenvalue weighted by Gasteiger charge is -2.32. The summed E-state index contributed by atoms with van der Waals surface area (Å²) in [6.07, 6.45) is 0.383. The molecule has 0 saturated carbocycles. The van der Waals surface area contributed by atoms with Gasteiger partial charge < -0.3 is 15.5 Å². The van der Waals surface area contributed by atoms with Crippen LogP contribution < -0.4 is 10.6 Å². The van der Waals surface area contributed by atoms with E-state index in [1.165, 1.54) is 0 Å². The first-order valence-corrected chi connectivity index (χ1v) is 6.60. The molecule has 112 valence electrons. The third-order valence-electron chi connectivity index (χ3n) is 3.03. The number of rotatable bonds is 3. The van der Waals surface area contributed by atoms with E-state index in [1.807, 2.05) is 25.7 Å². The van der Waals surface area contributed by atoms with E-state index in [-0.39, 0.29) is 24.2 Å². The summed E-state index contributed by atoms with van der Waals surface area (Å²) in [7, 11) is 0. The molecule has 0 spiro atoms. The molecule has 0 aromatic rings. The van der Waals surface area contributed by atoms with Gasteiger partial charge in [-0.25, -0.2) is 0 Å². The molecular formula is C13H26ClN3O2. The van der Waals surface area contributed by atoms with Crippen LogP contribution in [-0.2, 0) is 9.59 Å². The third kappa shape index (κ3) is 6.25. The van der Waals surface area contributed by atoms with Crippen LogP contribution in [0.4, 0.5) is 0 Å². The van der Waals surface area contributed by atoms with E-state index in [9.17, 15) is 9.59 Å². The average Bonchev–Trinajstić information content (AvgIpc) is 2.27. The van der Waals surface area contributed by atoms with Crippen LogP contribution in [0.3, 0.4) is 0 Å². The highest BCUT2D eigenvalue weighted by Gasteiger charge is 2.22. The number of hydrogen-bond donors (Lipinski definition) is 2. The summed E-state index contributed by atoms with van der Waals surface area (Å²) in [5.41, 5.74) is -0.396. The van der Waals surface area contributed by atoms with Crippen molar-refractivity contribution in [2.24, 2.45) is 5.41 Å². The van der Waals surface area contributed by atoms with Crippen molar-refractivity contribution >= 4 is 24.2 Å². The van der Waals surface area contributed by atoms with Gasteiger partial charge in [-0.1, -0.05) is 20.8 Å². The van der Waals surface area contributed by atoms with Crippen molar-refractivity contribution in [3.63, 3.8) is 0 Å². The van der Waals surface area contributed by atoms with Crippen LogP contribution in [0.5, 0.6) is 0 Å². The summed E-state index contributed by atoms with van der Waals surface area (Å²) in [6.45, 7) is 10.4. The molecule has 6 heteroatoms. The van der Waals surface area contributed by atoms with E-state index in [1.54, 1.807) is 0 Å². The second-order valence-corrected chi connectivity index (χ2v) is 5.95. The molecule has 5 nitrogen and oxygen atoms in total. The van der Waals surface area contributed by atoms with Crippen LogP contribution in [0.25, 0.3) is 0 Å². The first kappa shape index (κ1) is 18.2. The number of carbonyl (C=O) groups excluding carboxylic acids is 2. The van der Waals surface area contributed by atoms with Crippen molar-refractivity contribution in [2.45, 2.75) is 40.2 Å². The maximum absolute atomic E-state index is 11.9. The number of nitrogens with zero attached hydrogens (tertiary/aromatic N) is 1. The van der Waals surface area contributed by atoms with Crippen molar-refractivity contribution in [1.82, 2.24) is 15.5 Å². The smallest absolute Gasteiger partial charge is 0.225 e. The van der Waals surface area contributed by atoms with Gasteiger partial charge in [-0.2, -0.15) is 0 Å². The summed E-state index contributed by atoms with van der Waals surface area (Å²) in [4.78, 5) is 25.4. The zero-order chi connectivity index (χ0) is 13.8. The van der Waals surface area contributed by atoms with Gasteiger partial charge >= 0.3 is 0 Å². The fourth-order valence-electron chi connectivity index (χ4n) is 1.87. The highest BCUT2D eigenvalue weighted by molar-refractivity contribution is 5.85. The molecule has 1 rings (SSSR count). The highest BCUT2D eigenvalue weighted by atomic mass is 35.5. The van der Waals surface area contributed by atoms with Gasteiger partial charge in [0.2, 0.25) is 11.8 Å². The number of hydrogen-bond acceptors (Lipinski definition) is 3. The van der Waals surface area contributed by atoms with E-state index in [2.05, 4.69) is 17.6 Å². The van der Waals surface area contributed by atoms with Gasteiger partial charge in [-0.05, 0) is 6.92 Å². The molecule has 0 aliphatic carbocycles. The normalized spacial score (nSPS) is 19.6. The topological polar surface area (TPSA) is 61.4 Å². The van der Waals surface area contributed by atoms with E-state index < -0.39 is 5.41 Å². The predicted octanol–water partition coefficient (Wildman–Crippen LogP) is 0.781. The third-order valence-corrected chi connectivity index (χ3v) is 3.03. The number of carbonyl (C=O) groups is 2. The Morgan fingerprint density at radius 2 is 2.00 bits per heavy atom. The van der Waals surface area contributed by atoms with Crippen LogP contribution in [0.1, 0.15) is 34.1 Å². The molecule has 1 aliphatic rings. The van der Waals surface area contributed by atoms with Crippen LogP contribution in [-0.4, -0.2) is 48.9 Å². The molecule has 0 bridgehead atoms. The monoisotopic (exact) mass is 291 g/mol. The van der Waals surface area contributed by atoms with Gasteiger partial charge in [0.15, 0.2) is 0 Å². The van der Waals surface area contributed by atoms with Crippen molar-refractivity contribution in [3.05, 3.63) is 0 Å². The fourth-order valence-corrected chi connectivity index (χ4v) is 1.87. The van der Waals surface area contributed by atoms with Gasteiger partial charge in [0.05, 0.1) is 0 Å². The number of halogens is 1. The summed E-state index contributed by atoms with van der Waals surface area (Å²) >= 11 is 0. The van der Waals surface area contributed by atoms with Gasteiger partial charge in [0.1, 0.15) is 0 Å². The van der Waals surface area contributed by atoms with Gasteiger partial charge in [0.25, 0.3) is 0 Å². The molecule has 2 amide bonds. The Bertz CT molecular complexity index is 316. The Morgan fingerprint density at radius 1 is 1.37 bits per heavy atom. The lowest BCUT2D eigenvalue weighted by molar-refractivity contribution is -0.132. The lowest BCUT2D eigenvalue weighted by Crippen LogP contribution is -2.51. The largest absolute Gasteiger partial charge is 0.355 e. The molecule has 1 saturated heterocycles. The molecule has 1 heterocycles. The van der Waals surface area contributed by atoms with Crippen LogP contribution in [0.2, 0.25) is 0 Å². The van der Waals surface area contributed by atoms with Crippen molar-refractivity contribution in [3.8, 4) is 0 Å². The van der Waals surface area contributed by atoms with E-state index in [0.29, 0.717) is 19.0 Å².